The van der Waals surface area contributed by atoms with Crippen LogP contribution in [-0.2, 0) is 0 Å². The number of oxazole rings is 1. The molecular formula is C14H17N3O2. The molecule has 0 radical (unpaired) electrons. The van der Waals surface area contributed by atoms with E-state index in [0.29, 0.717) is 17.0 Å². The Morgan fingerprint density at radius 3 is 2.74 bits per heavy atom. The van der Waals surface area contributed by atoms with Crippen molar-refractivity contribution >= 4 is 17.0 Å². The summed E-state index contributed by atoms with van der Waals surface area (Å²) < 4.78 is 5.47. The van der Waals surface area contributed by atoms with Crippen LogP contribution in [0.3, 0.4) is 0 Å². The first-order chi connectivity index (χ1) is 9.13. The highest BCUT2D eigenvalue weighted by molar-refractivity contribution is 5.97. The number of hydrogen-bond donors (Lipinski definition) is 0. The van der Waals surface area contributed by atoms with Crippen LogP contribution in [0.2, 0.25) is 0 Å². The van der Waals surface area contributed by atoms with Crippen LogP contribution in [0.5, 0.6) is 0 Å². The molecule has 1 aromatic carbocycles. The lowest BCUT2D eigenvalue weighted by Crippen LogP contribution is -2.47. The van der Waals surface area contributed by atoms with Crippen LogP contribution in [0.15, 0.2) is 22.6 Å². The van der Waals surface area contributed by atoms with Crippen LogP contribution in [0.4, 0.5) is 0 Å². The number of benzene rings is 1. The number of carbonyl (C=O) groups is 1. The number of rotatable bonds is 1. The first-order valence-electron chi connectivity index (χ1n) is 6.48. The zero-order valence-electron chi connectivity index (χ0n) is 11.2. The van der Waals surface area contributed by atoms with Gasteiger partial charge in [-0.2, -0.15) is 0 Å². The summed E-state index contributed by atoms with van der Waals surface area (Å²) in [6.07, 6.45) is 0. The lowest BCUT2D eigenvalue weighted by Gasteiger charge is -2.32. The molecule has 2 heterocycles. The Bertz CT molecular complexity index is 612. The molecule has 0 bridgehead atoms. The summed E-state index contributed by atoms with van der Waals surface area (Å²) in [5.74, 6) is 0.697. The maximum Gasteiger partial charge on any atom is 0.254 e. The van der Waals surface area contributed by atoms with E-state index in [9.17, 15) is 4.79 Å². The van der Waals surface area contributed by atoms with Crippen molar-refractivity contribution in [2.75, 3.05) is 33.2 Å². The van der Waals surface area contributed by atoms with Gasteiger partial charge in [-0.05, 0) is 25.2 Å². The Balaban J connectivity index is 1.84. The quantitative estimate of drug-likeness (QED) is 0.779. The summed E-state index contributed by atoms with van der Waals surface area (Å²) in [6, 6.07) is 5.45. The average Bonchev–Trinajstić information content (AvgIpc) is 2.77. The lowest BCUT2D eigenvalue weighted by molar-refractivity contribution is 0.0664. The fourth-order valence-electron chi connectivity index (χ4n) is 2.36. The van der Waals surface area contributed by atoms with Gasteiger partial charge in [0, 0.05) is 38.7 Å². The van der Waals surface area contributed by atoms with Gasteiger partial charge in [0.05, 0.1) is 0 Å². The molecule has 100 valence electrons. The number of fused-ring (bicyclic) bond motifs is 1. The van der Waals surface area contributed by atoms with Gasteiger partial charge in [-0.3, -0.25) is 4.79 Å². The smallest absolute Gasteiger partial charge is 0.254 e. The minimum absolute atomic E-state index is 0.0732. The van der Waals surface area contributed by atoms with Gasteiger partial charge in [-0.25, -0.2) is 4.98 Å². The molecule has 1 aliphatic heterocycles. The Morgan fingerprint density at radius 1 is 1.26 bits per heavy atom. The molecule has 0 saturated carbocycles. The van der Waals surface area contributed by atoms with Crippen molar-refractivity contribution in [1.29, 1.82) is 0 Å². The minimum Gasteiger partial charge on any atom is -0.441 e. The van der Waals surface area contributed by atoms with Crippen molar-refractivity contribution in [3.63, 3.8) is 0 Å². The van der Waals surface area contributed by atoms with Gasteiger partial charge in [0.1, 0.15) is 5.52 Å². The van der Waals surface area contributed by atoms with E-state index in [4.69, 9.17) is 4.42 Å². The second-order valence-electron chi connectivity index (χ2n) is 5.01. The highest BCUT2D eigenvalue weighted by Gasteiger charge is 2.20. The lowest BCUT2D eigenvalue weighted by atomic mass is 10.1. The normalized spacial score (nSPS) is 17.1. The molecular weight excluding hydrogens is 242 g/mol. The summed E-state index contributed by atoms with van der Waals surface area (Å²) in [4.78, 5) is 20.8. The predicted octanol–water partition coefficient (Wildman–Crippen LogP) is 1.52. The Morgan fingerprint density at radius 2 is 2.00 bits per heavy atom. The molecule has 1 aliphatic rings. The number of hydrogen-bond acceptors (Lipinski definition) is 4. The molecule has 3 rings (SSSR count). The fraction of sp³-hybridized carbons (Fsp3) is 0.429. The molecule has 0 aliphatic carbocycles. The van der Waals surface area contributed by atoms with Gasteiger partial charge >= 0.3 is 0 Å². The Labute approximate surface area is 111 Å². The van der Waals surface area contributed by atoms with Crippen LogP contribution >= 0.6 is 0 Å². The Hall–Kier alpha value is -1.88. The number of nitrogens with zero attached hydrogens (tertiary/aromatic N) is 3. The molecule has 0 N–H and O–H groups in total. The fourth-order valence-corrected chi connectivity index (χ4v) is 2.36. The maximum atomic E-state index is 12.4. The highest BCUT2D eigenvalue weighted by atomic mass is 16.3. The molecule has 19 heavy (non-hydrogen) atoms. The van der Waals surface area contributed by atoms with E-state index in [-0.39, 0.29) is 5.91 Å². The van der Waals surface area contributed by atoms with E-state index in [1.807, 2.05) is 24.0 Å². The number of amides is 1. The number of likely N-dealkylation sites (N-methyl/N-ethyl adjacent to an activating group) is 1. The third kappa shape index (κ3) is 2.33. The molecule has 1 amide bonds. The van der Waals surface area contributed by atoms with E-state index in [2.05, 4.69) is 16.9 Å². The molecule has 2 aromatic rings. The van der Waals surface area contributed by atoms with Crippen molar-refractivity contribution < 1.29 is 9.21 Å². The van der Waals surface area contributed by atoms with E-state index >= 15 is 0 Å². The van der Waals surface area contributed by atoms with Crippen molar-refractivity contribution in [3.8, 4) is 0 Å². The number of aryl methyl sites for hydroxylation is 1. The van der Waals surface area contributed by atoms with Gasteiger partial charge in [-0.1, -0.05) is 0 Å². The van der Waals surface area contributed by atoms with Crippen LogP contribution < -0.4 is 0 Å². The summed E-state index contributed by atoms with van der Waals surface area (Å²) in [7, 11) is 2.07. The molecule has 0 spiro atoms. The van der Waals surface area contributed by atoms with Crippen molar-refractivity contribution in [2.24, 2.45) is 0 Å². The maximum absolute atomic E-state index is 12.4. The van der Waals surface area contributed by atoms with Crippen LogP contribution in [0.25, 0.3) is 11.1 Å². The summed E-state index contributed by atoms with van der Waals surface area (Å²) in [5, 5.41) is 0. The van der Waals surface area contributed by atoms with Gasteiger partial charge in [0.15, 0.2) is 11.5 Å². The molecule has 0 unspecified atom stereocenters. The topological polar surface area (TPSA) is 49.6 Å². The number of piperazine rings is 1. The summed E-state index contributed by atoms with van der Waals surface area (Å²) in [5.41, 5.74) is 2.15. The second kappa shape index (κ2) is 4.66. The van der Waals surface area contributed by atoms with Crippen LogP contribution in [0, 0.1) is 6.92 Å². The van der Waals surface area contributed by atoms with Gasteiger partial charge < -0.3 is 14.2 Å². The van der Waals surface area contributed by atoms with Gasteiger partial charge in [0.25, 0.3) is 5.91 Å². The zero-order valence-corrected chi connectivity index (χ0v) is 11.2. The number of aromatic nitrogens is 1. The largest absolute Gasteiger partial charge is 0.441 e. The van der Waals surface area contributed by atoms with E-state index < -0.39 is 0 Å². The molecule has 1 saturated heterocycles. The average molecular weight is 259 g/mol. The first-order valence-corrected chi connectivity index (χ1v) is 6.48. The first kappa shape index (κ1) is 12.2. The van der Waals surface area contributed by atoms with E-state index in [0.717, 1.165) is 31.7 Å². The molecule has 0 atom stereocenters. The third-order valence-electron chi connectivity index (χ3n) is 3.53. The predicted molar refractivity (Wildman–Crippen MR) is 72.1 cm³/mol. The summed E-state index contributed by atoms with van der Waals surface area (Å²) >= 11 is 0. The highest BCUT2D eigenvalue weighted by Crippen LogP contribution is 2.18. The number of carbonyl (C=O) groups excluding carboxylic acids is 1. The second-order valence-corrected chi connectivity index (χ2v) is 5.01. The van der Waals surface area contributed by atoms with Crippen molar-refractivity contribution in [3.05, 3.63) is 29.7 Å². The molecule has 5 nitrogen and oxygen atoms in total. The zero-order chi connectivity index (χ0) is 13.4. The SMILES string of the molecule is Cc1nc2ccc(C(=O)N3CCN(C)CC3)cc2o1. The molecule has 5 heteroatoms. The standard InChI is InChI=1S/C14H17N3O2/c1-10-15-12-4-3-11(9-13(12)19-10)14(18)17-7-5-16(2)6-8-17/h3-4,9H,5-8H2,1-2H3. The Kier molecular flexibility index (Phi) is 2.98. The van der Waals surface area contributed by atoms with Crippen molar-refractivity contribution in [2.45, 2.75) is 6.92 Å². The minimum atomic E-state index is 0.0732. The van der Waals surface area contributed by atoms with Crippen LogP contribution in [0.1, 0.15) is 16.2 Å². The molecule has 1 aromatic heterocycles. The van der Waals surface area contributed by atoms with Crippen molar-refractivity contribution in [1.82, 2.24) is 14.8 Å². The molecule has 1 fully saturated rings. The van der Waals surface area contributed by atoms with Gasteiger partial charge in [-0.15, -0.1) is 0 Å². The van der Waals surface area contributed by atoms with Crippen LogP contribution in [-0.4, -0.2) is 53.9 Å². The van der Waals surface area contributed by atoms with E-state index in [1.54, 1.807) is 6.07 Å². The monoisotopic (exact) mass is 259 g/mol. The third-order valence-corrected chi connectivity index (χ3v) is 3.53. The summed E-state index contributed by atoms with van der Waals surface area (Å²) in [6.45, 7) is 5.22. The van der Waals surface area contributed by atoms with Gasteiger partial charge in [0.2, 0.25) is 0 Å². The van der Waals surface area contributed by atoms with E-state index in [1.165, 1.54) is 0 Å².